The molecular formula is C7H11ClO3. The van der Waals surface area contributed by atoms with Crippen LogP contribution in [-0.4, -0.2) is 23.2 Å². The van der Waals surface area contributed by atoms with Gasteiger partial charge < -0.3 is 9.84 Å². The molecule has 3 nitrogen and oxygen atoms in total. The number of carbonyl (C=O) groups is 1. The van der Waals surface area contributed by atoms with Gasteiger partial charge >= 0.3 is 5.97 Å². The molecule has 0 fully saturated rings. The Labute approximate surface area is 70.6 Å². The van der Waals surface area contributed by atoms with Crippen molar-refractivity contribution in [3.63, 3.8) is 0 Å². The molecule has 0 aliphatic rings. The van der Waals surface area contributed by atoms with E-state index in [4.69, 9.17) is 16.7 Å². The topological polar surface area (TPSA) is 46.5 Å². The van der Waals surface area contributed by atoms with Crippen LogP contribution in [0.4, 0.5) is 0 Å². The largest absolute Gasteiger partial charge is 0.479 e. The van der Waals surface area contributed by atoms with Crippen molar-refractivity contribution in [2.75, 3.05) is 6.07 Å². The van der Waals surface area contributed by atoms with Gasteiger partial charge in [0, 0.05) is 0 Å². The lowest BCUT2D eigenvalue weighted by atomic mass is 10.3. The molecular weight excluding hydrogens is 168 g/mol. The third-order valence-electron chi connectivity index (χ3n) is 1.03. The van der Waals surface area contributed by atoms with E-state index >= 15 is 0 Å². The summed E-state index contributed by atoms with van der Waals surface area (Å²) >= 11 is 5.20. The fourth-order valence-electron chi connectivity index (χ4n) is 0.537. The molecule has 1 N–H and O–H groups in total. The molecule has 0 spiro atoms. The number of allylic oxidation sites excluding steroid dienone is 1. The van der Waals surface area contributed by atoms with Crippen LogP contribution >= 0.6 is 11.6 Å². The van der Waals surface area contributed by atoms with Crippen LogP contribution in [0.5, 0.6) is 0 Å². The van der Waals surface area contributed by atoms with E-state index in [1.54, 1.807) is 6.08 Å². The average molecular weight is 179 g/mol. The molecule has 0 saturated heterocycles. The molecule has 0 aromatic carbocycles. The molecule has 0 amide bonds. The van der Waals surface area contributed by atoms with Crippen molar-refractivity contribution in [1.29, 1.82) is 0 Å². The first-order valence-corrected chi connectivity index (χ1v) is 3.82. The minimum Gasteiger partial charge on any atom is -0.479 e. The second-order valence-corrected chi connectivity index (χ2v) is 2.09. The molecule has 0 aliphatic carbocycles. The van der Waals surface area contributed by atoms with Crippen molar-refractivity contribution >= 4 is 17.6 Å². The van der Waals surface area contributed by atoms with Gasteiger partial charge in [0.1, 0.15) is 6.07 Å². The zero-order valence-electron chi connectivity index (χ0n) is 6.29. The zero-order chi connectivity index (χ0) is 8.69. The highest BCUT2D eigenvalue weighted by Gasteiger charge is 2.12. The Morgan fingerprint density at radius 1 is 1.82 bits per heavy atom. The number of aliphatic carboxylic acids is 1. The smallest absolute Gasteiger partial charge is 0.336 e. The predicted molar refractivity (Wildman–Crippen MR) is 42.7 cm³/mol. The van der Waals surface area contributed by atoms with E-state index in [1.165, 1.54) is 6.08 Å². The average Bonchev–Trinajstić information content (AvgIpc) is 1.97. The summed E-state index contributed by atoms with van der Waals surface area (Å²) in [5.41, 5.74) is 0. The van der Waals surface area contributed by atoms with Gasteiger partial charge in [0.15, 0.2) is 6.10 Å². The summed E-state index contributed by atoms with van der Waals surface area (Å²) < 4.78 is 4.68. The quantitative estimate of drug-likeness (QED) is 0.514. The van der Waals surface area contributed by atoms with Gasteiger partial charge in [0.05, 0.1) is 0 Å². The highest BCUT2D eigenvalue weighted by Crippen LogP contribution is 1.97. The number of alkyl halides is 1. The molecule has 0 rings (SSSR count). The van der Waals surface area contributed by atoms with E-state index in [0.29, 0.717) is 0 Å². The van der Waals surface area contributed by atoms with Crippen molar-refractivity contribution < 1.29 is 14.6 Å². The summed E-state index contributed by atoms with van der Waals surface area (Å²) in [5.74, 6) is -1.02. The summed E-state index contributed by atoms with van der Waals surface area (Å²) in [6, 6.07) is -0.106. The number of halogens is 1. The van der Waals surface area contributed by atoms with Crippen molar-refractivity contribution in [1.82, 2.24) is 0 Å². The van der Waals surface area contributed by atoms with E-state index in [9.17, 15) is 4.79 Å². The highest BCUT2D eigenvalue weighted by atomic mass is 35.5. The Morgan fingerprint density at radius 2 is 2.45 bits per heavy atom. The van der Waals surface area contributed by atoms with Gasteiger partial charge in [-0.3, -0.25) is 0 Å². The molecule has 0 aromatic rings. The Hall–Kier alpha value is -0.540. The molecule has 0 saturated carbocycles. The van der Waals surface area contributed by atoms with Crippen LogP contribution in [0.2, 0.25) is 0 Å². The van der Waals surface area contributed by atoms with Crippen LogP contribution in [0.15, 0.2) is 12.2 Å². The minimum absolute atomic E-state index is 0.106. The van der Waals surface area contributed by atoms with Gasteiger partial charge in [-0.1, -0.05) is 24.6 Å². The zero-order valence-corrected chi connectivity index (χ0v) is 7.04. The van der Waals surface area contributed by atoms with Crippen LogP contribution in [-0.2, 0) is 9.53 Å². The van der Waals surface area contributed by atoms with Crippen molar-refractivity contribution in [3.8, 4) is 0 Å². The second-order valence-electron chi connectivity index (χ2n) is 1.87. The second kappa shape index (κ2) is 6.19. The fourth-order valence-corrected chi connectivity index (χ4v) is 0.672. The van der Waals surface area contributed by atoms with E-state index in [0.717, 1.165) is 6.42 Å². The van der Waals surface area contributed by atoms with Gasteiger partial charge in [-0.05, 0) is 12.5 Å². The SMILES string of the molecule is CC/C=C/C(OCCl)C(=O)O. The van der Waals surface area contributed by atoms with Crippen LogP contribution in [0.25, 0.3) is 0 Å². The summed E-state index contributed by atoms with van der Waals surface area (Å²) in [5, 5.41) is 8.50. The molecule has 0 heterocycles. The Bertz CT molecular complexity index is 145. The number of rotatable bonds is 5. The fraction of sp³-hybridized carbons (Fsp3) is 0.571. The normalized spacial score (nSPS) is 13.6. The van der Waals surface area contributed by atoms with Crippen LogP contribution in [0.1, 0.15) is 13.3 Å². The summed E-state index contributed by atoms with van der Waals surface area (Å²) in [6.07, 6.45) is 3.08. The minimum atomic E-state index is -1.02. The Morgan fingerprint density at radius 3 is 2.82 bits per heavy atom. The standard InChI is InChI=1S/C7H11ClO3/c1-2-3-4-6(7(9)10)11-5-8/h3-4,6H,2,5H2,1H3,(H,9,10)/b4-3+. The van der Waals surface area contributed by atoms with Crippen molar-refractivity contribution in [2.45, 2.75) is 19.4 Å². The molecule has 0 bridgehead atoms. The molecule has 0 aromatic heterocycles. The van der Waals surface area contributed by atoms with Gasteiger partial charge in [0.25, 0.3) is 0 Å². The van der Waals surface area contributed by atoms with Gasteiger partial charge in [-0.2, -0.15) is 0 Å². The summed E-state index contributed by atoms with van der Waals surface area (Å²) in [6.45, 7) is 1.91. The van der Waals surface area contributed by atoms with Crippen LogP contribution in [0, 0.1) is 0 Å². The van der Waals surface area contributed by atoms with Crippen molar-refractivity contribution in [2.24, 2.45) is 0 Å². The summed E-state index contributed by atoms with van der Waals surface area (Å²) in [7, 11) is 0. The van der Waals surface area contributed by atoms with E-state index < -0.39 is 12.1 Å². The number of carboxylic acid groups (broad SMARTS) is 1. The maximum atomic E-state index is 10.4. The molecule has 0 radical (unpaired) electrons. The number of hydrogen-bond donors (Lipinski definition) is 1. The summed E-state index contributed by atoms with van der Waals surface area (Å²) in [4.78, 5) is 10.4. The first-order chi connectivity index (χ1) is 5.22. The molecule has 4 heteroatoms. The number of carboxylic acids is 1. The molecule has 11 heavy (non-hydrogen) atoms. The van der Waals surface area contributed by atoms with E-state index in [2.05, 4.69) is 4.74 Å². The van der Waals surface area contributed by atoms with E-state index in [1.807, 2.05) is 6.92 Å². The maximum absolute atomic E-state index is 10.4. The van der Waals surface area contributed by atoms with E-state index in [-0.39, 0.29) is 6.07 Å². The van der Waals surface area contributed by atoms with Gasteiger partial charge in [-0.25, -0.2) is 4.79 Å². The first kappa shape index (κ1) is 10.5. The molecule has 1 atom stereocenters. The third-order valence-corrected chi connectivity index (χ3v) is 1.16. The lowest BCUT2D eigenvalue weighted by molar-refractivity contribution is -0.146. The number of ether oxygens (including phenoxy) is 1. The predicted octanol–water partition coefficient (Wildman–Crippen LogP) is 1.62. The maximum Gasteiger partial charge on any atom is 0.336 e. The van der Waals surface area contributed by atoms with Gasteiger partial charge in [-0.15, -0.1) is 0 Å². The Balaban J connectivity index is 3.88. The molecule has 0 aliphatic heterocycles. The number of hydrogen-bond acceptors (Lipinski definition) is 2. The first-order valence-electron chi connectivity index (χ1n) is 3.29. The van der Waals surface area contributed by atoms with Crippen LogP contribution < -0.4 is 0 Å². The van der Waals surface area contributed by atoms with Crippen LogP contribution in [0.3, 0.4) is 0 Å². The molecule has 1 unspecified atom stereocenters. The molecule has 64 valence electrons. The lowest BCUT2D eigenvalue weighted by Crippen LogP contribution is -2.20. The van der Waals surface area contributed by atoms with Crippen molar-refractivity contribution in [3.05, 3.63) is 12.2 Å². The lowest BCUT2D eigenvalue weighted by Gasteiger charge is -2.04. The third kappa shape index (κ3) is 4.81. The Kier molecular flexibility index (Phi) is 5.88. The monoisotopic (exact) mass is 178 g/mol. The van der Waals surface area contributed by atoms with Gasteiger partial charge in [0.2, 0.25) is 0 Å². The highest BCUT2D eigenvalue weighted by molar-refractivity contribution is 6.17.